The number of nitrogens with one attached hydrogen (secondary N) is 1. The van der Waals surface area contributed by atoms with Crippen LogP contribution in [0.5, 0.6) is 5.75 Å². The quantitative estimate of drug-likeness (QED) is 0.856. The summed E-state index contributed by atoms with van der Waals surface area (Å²) in [5.41, 5.74) is 2.41. The standard InChI is InChI=1S/C14H22BrNO/c1-5-13(6-2)17-14-10(3)7-12(15)8-11(14)9-16-4/h7-8,13,16H,5-6,9H2,1-4H3. The summed E-state index contributed by atoms with van der Waals surface area (Å²) >= 11 is 3.53. The highest BCUT2D eigenvalue weighted by molar-refractivity contribution is 9.10. The van der Waals surface area contributed by atoms with Crippen LogP contribution in [0.1, 0.15) is 37.8 Å². The Labute approximate surface area is 113 Å². The van der Waals surface area contributed by atoms with E-state index in [9.17, 15) is 0 Å². The first kappa shape index (κ1) is 14.5. The van der Waals surface area contributed by atoms with Crippen LogP contribution in [0, 0.1) is 6.92 Å². The Hall–Kier alpha value is -0.540. The van der Waals surface area contributed by atoms with Crippen molar-refractivity contribution in [3.05, 3.63) is 27.7 Å². The lowest BCUT2D eigenvalue weighted by molar-refractivity contribution is 0.189. The van der Waals surface area contributed by atoms with E-state index in [2.05, 4.69) is 54.2 Å². The predicted molar refractivity (Wildman–Crippen MR) is 76.6 cm³/mol. The second-order valence-corrected chi connectivity index (χ2v) is 5.21. The molecule has 0 aromatic heterocycles. The van der Waals surface area contributed by atoms with Gasteiger partial charge in [0.15, 0.2) is 0 Å². The summed E-state index contributed by atoms with van der Waals surface area (Å²) in [5, 5.41) is 3.19. The molecule has 0 amide bonds. The Morgan fingerprint density at radius 2 is 1.94 bits per heavy atom. The summed E-state index contributed by atoms with van der Waals surface area (Å²) in [6.07, 6.45) is 2.40. The van der Waals surface area contributed by atoms with E-state index in [4.69, 9.17) is 4.74 Å². The molecule has 1 aromatic rings. The van der Waals surface area contributed by atoms with Crippen molar-refractivity contribution in [3.63, 3.8) is 0 Å². The summed E-state index contributed by atoms with van der Waals surface area (Å²) in [4.78, 5) is 0. The third kappa shape index (κ3) is 4.00. The number of halogens is 1. The molecule has 0 saturated heterocycles. The molecule has 0 saturated carbocycles. The van der Waals surface area contributed by atoms with Crippen molar-refractivity contribution in [1.29, 1.82) is 0 Å². The molecule has 0 aliphatic carbocycles. The van der Waals surface area contributed by atoms with Gasteiger partial charge in [-0.1, -0.05) is 29.8 Å². The average molecular weight is 300 g/mol. The Morgan fingerprint density at radius 1 is 1.29 bits per heavy atom. The minimum Gasteiger partial charge on any atom is -0.490 e. The predicted octanol–water partition coefficient (Wildman–Crippen LogP) is 4.04. The van der Waals surface area contributed by atoms with E-state index >= 15 is 0 Å². The Balaban J connectivity index is 3.02. The molecule has 0 bridgehead atoms. The molecule has 2 nitrogen and oxygen atoms in total. The lowest BCUT2D eigenvalue weighted by atomic mass is 10.1. The molecule has 1 aromatic carbocycles. The second-order valence-electron chi connectivity index (χ2n) is 4.30. The molecule has 17 heavy (non-hydrogen) atoms. The average Bonchev–Trinajstić information content (AvgIpc) is 2.29. The van der Waals surface area contributed by atoms with Crippen LogP contribution in [0.15, 0.2) is 16.6 Å². The van der Waals surface area contributed by atoms with E-state index in [1.54, 1.807) is 0 Å². The first-order valence-electron chi connectivity index (χ1n) is 6.22. The van der Waals surface area contributed by atoms with Crippen LogP contribution in [-0.4, -0.2) is 13.2 Å². The van der Waals surface area contributed by atoms with Crippen LogP contribution in [0.2, 0.25) is 0 Å². The van der Waals surface area contributed by atoms with Crippen molar-refractivity contribution in [2.45, 2.75) is 46.3 Å². The SMILES string of the molecule is CCC(CC)Oc1c(C)cc(Br)cc1CNC. The van der Waals surface area contributed by atoms with Gasteiger partial charge in [-0.2, -0.15) is 0 Å². The van der Waals surface area contributed by atoms with Crippen LogP contribution in [0.25, 0.3) is 0 Å². The van der Waals surface area contributed by atoms with Gasteiger partial charge >= 0.3 is 0 Å². The van der Waals surface area contributed by atoms with E-state index < -0.39 is 0 Å². The zero-order valence-electron chi connectivity index (χ0n) is 11.1. The molecule has 0 atom stereocenters. The molecule has 0 unspecified atom stereocenters. The third-order valence-electron chi connectivity index (χ3n) is 2.88. The third-order valence-corrected chi connectivity index (χ3v) is 3.34. The minimum atomic E-state index is 0.311. The highest BCUT2D eigenvalue weighted by Crippen LogP contribution is 2.29. The molecule has 0 aliphatic rings. The normalized spacial score (nSPS) is 10.9. The molecule has 96 valence electrons. The molecule has 0 spiro atoms. The van der Waals surface area contributed by atoms with Gasteiger partial charge in [0.1, 0.15) is 5.75 Å². The van der Waals surface area contributed by atoms with Crippen LogP contribution in [-0.2, 0) is 6.54 Å². The zero-order valence-corrected chi connectivity index (χ0v) is 12.7. The van der Waals surface area contributed by atoms with Crippen LogP contribution in [0.4, 0.5) is 0 Å². The van der Waals surface area contributed by atoms with Gasteiger partial charge in [-0.25, -0.2) is 0 Å². The molecule has 0 fully saturated rings. The maximum Gasteiger partial charge on any atom is 0.127 e. The van der Waals surface area contributed by atoms with E-state index in [0.717, 1.165) is 29.6 Å². The topological polar surface area (TPSA) is 21.3 Å². The van der Waals surface area contributed by atoms with E-state index in [-0.39, 0.29) is 0 Å². The van der Waals surface area contributed by atoms with Gasteiger partial charge in [-0.05, 0) is 44.5 Å². The lowest BCUT2D eigenvalue weighted by Gasteiger charge is -2.20. The number of hydrogen-bond acceptors (Lipinski definition) is 2. The van der Waals surface area contributed by atoms with Gasteiger partial charge in [-0.3, -0.25) is 0 Å². The van der Waals surface area contributed by atoms with Crippen LogP contribution >= 0.6 is 15.9 Å². The van der Waals surface area contributed by atoms with Crippen molar-refractivity contribution in [2.24, 2.45) is 0 Å². The van der Waals surface area contributed by atoms with Crippen molar-refractivity contribution < 1.29 is 4.74 Å². The highest BCUT2D eigenvalue weighted by Gasteiger charge is 2.12. The monoisotopic (exact) mass is 299 g/mol. The summed E-state index contributed by atoms with van der Waals surface area (Å²) in [7, 11) is 1.96. The second kappa shape index (κ2) is 7.02. The highest BCUT2D eigenvalue weighted by atomic mass is 79.9. The Morgan fingerprint density at radius 3 is 2.47 bits per heavy atom. The van der Waals surface area contributed by atoms with Gasteiger partial charge < -0.3 is 10.1 Å². The molecular weight excluding hydrogens is 278 g/mol. The fourth-order valence-corrected chi connectivity index (χ4v) is 2.53. The summed E-state index contributed by atoms with van der Waals surface area (Å²) in [6.45, 7) is 7.26. The molecule has 0 heterocycles. The maximum absolute atomic E-state index is 6.12. The number of ether oxygens (including phenoxy) is 1. The van der Waals surface area contributed by atoms with Gasteiger partial charge in [0, 0.05) is 16.6 Å². The molecule has 1 rings (SSSR count). The Bertz CT molecular complexity index is 361. The molecule has 1 N–H and O–H groups in total. The number of aryl methyl sites for hydroxylation is 1. The Kier molecular flexibility index (Phi) is 6.00. The molecular formula is C14H22BrNO. The summed E-state index contributed by atoms with van der Waals surface area (Å²) in [5.74, 6) is 1.04. The summed E-state index contributed by atoms with van der Waals surface area (Å²) < 4.78 is 7.23. The lowest BCUT2D eigenvalue weighted by Crippen LogP contribution is -2.17. The fraction of sp³-hybridized carbons (Fsp3) is 0.571. The van der Waals surface area contributed by atoms with Gasteiger partial charge in [0.2, 0.25) is 0 Å². The maximum atomic E-state index is 6.12. The first-order chi connectivity index (χ1) is 8.12. The van der Waals surface area contributed by atoms with Gasteiger partial charge in [-0.15, -0.1) is 0 Å². The van der Waals surface area contributed by atoms with Crippen molar-refractivity contribution in [2.75, 3.05) is 7.05 Å². The largest absolute Gasteiger partial charge is 0.490 e. The summed E-state index contributed by atoms with van der Waals surface area (Å²) in [6, 6.07) is 4.23. The van der Waals surface area contributed by atoms with Crippen molar-refractivity contribution in [3.8, 4) is 5.75 Å². The van der Waals surface area contributed by atoms with E-state index in [0.29, 0.717) is 6.10 Å². The molecule has 3 heteroatoms. The van der Waals surface area contributed by atoms with Gasteiger partial charge in [0.05, 0.1) is 6.10 Å². The smallest absolute Gasteiger partial charge is 0.127 e. The van der Waals surface area contributed by atoms with Crippen molar-refractivity contribution >= 4 is 15.9 Å². The first-order valence-corrected chi connectivity index (χ1v) is 7.01. The number of rotatable bonds is 6. The van der Waals surface area contributed by atoms with E-state index in [1.807, 2.05) is 7.05 Å². The van der Waals surface area contributed by atoms with Gasteiger partial charge in [0.25, 0.3) is 0 Å². The molecule has 0 aliphatic heterocycles. The van der Waals surface area contributed by atoms with Crippen molar-refractivity contribution in [1.82, 2.24) is 5.32 Å². The van der Waals surface area contributed by atoms with E-state index in [1.165, 1.54) is 11.1 Å². The molecule has 0 radical (unpaired) electrons. The fourth-order valence-electron chi connectivity index (χ4n) is 1.91. The van der Waals surface area contributed by atoms with Crippen LogP contribution < -0.4 is 10.1 Å². The minimum absolute atomic E-state index is 0.311. The zero-order chi connectivity index (χ0) is 12.8. The number of hydrogen-bond donors (Lipinski definition) is 1. The van der Waals surface area contributed by atoms with Crippen LogP contribution in [0.3, 0.4) is 0 Å². The number of benzene rings is 1.